The highest BCUT2D eigenvalue weighted by Crippen LogP contribution is 2.30. The molecule has 24 heavy (non-hydrogen) atoms. The van der Waals surface area contributed by atoms with Gasteiger partial charge in [0.1, 0.15) is 5.82 Å². The molecule has 0 fully saturated rings. The Labute approximate surface area is 134 Å². The number of fused-ring (bicyclic) bond motifs is 1. The monoisotopic (exact) mass is 344 g/mol. The van der Waals surface area contributed by atoms with Crippen LogP contribution in [0.2, 0.25) is 0 Å². The molecule has 2 aromatic heterocycles. The van der Waals surface area contributed by atoms with Gasteiger partial charge in [-0.3, -0.25) is 4.79 Å². The van der Waals surface area contributed by atoms with Crippen molar-refractivity contribution >= 4 is 5.91 Å². The van der Waals surface area contributed by atoms with Crippen LogP contribution in [-0.4, -0.2) is 34.3 Å². The van der Waals surface area contributed by atoms with Crippen molar-refractivity contribution in [3.63, 3.8) is 0 Å². The second kappa shape index (κ2) is 6.17. The van der Waals surface area contributed by atoms with Crippen LogP contribution in [-0.2, 0) is 19.1 Å². The summed E-state index contributed by atoms with van der Waals surface area (Å²) in [5.74, 6) is 0.204. The van der Waals surface area contributed by atoms with Crippen LogP contribution in [0.15, 0.2) is 16.8 Å². The number of aromatic nitrogens is 3. The highest BCUT2D eigenvalue weighted by Gasteiger charge is 2.35. The van der Waals surface area contributed by atoms with Gasteiger partial charge in [-0.25, -0.2) is 4.98 Å². The minimum Gasteiger partial charge on any atom is -0.479 e. The van der Waals surface area contributed by atoms with E-state index in [2.05, 4.69) is 15.5 Å². The van der Waals surface area contributed by atoms with Gasteiger partial charge < -0.3 is 19.1 Å². The molecule has 0 saturated carbocycles. The second-order valence-electron chi connectivity index (χ2n) is 5.54. The lowest BCUT2D eigenvalue weighted by Gasteiger charge is -2.23. The van der Waals surface area contributed by atoms with Crippen LogP contribution in [0.4, 0.5) is 13.2 Å². The lowest BCUT2D eigenvalue weighted by atomic mass is 9.99. The average molecular weight is 344 g/mol. The van der Waals surface area contributed by atoms with E-state index in [1.807, 2.05) is 0 Å². The maximum Gasteiger partial charge on any atom is 0.434 e. The molecule has 7 nitrogen and oxygen atoms in total. The predicted octanol–water partition coefficient (Wildman–Crippen LogP) is 1.89. The molecule has 0 bridgehead atoms. The van der Waals surface area contributed by atoms with Crippen molar-refractivity contribution in [2.45, 2.75) is 25.6 Å². The Morgan fingerprint density at radius 2 is 2.33 bits per heavy atom. The number of carbonyl (C=O) groups is 1. The van der Waals surface area contributed by atoms with Crippen molar-refractivity contribution in [1.82, 2.24) is 20.0 Å². The van der Waals surface area contributed by atoms with E-state index in [1.54, 1.807) is 0 Å². The number of hydrogen-bond acceptors (Lipinski definition) is 5. The van der Waals surface area contributed by atoms with Crippen molar-refractivity contribution in [1.29, 1.82) is 0 Å². The Morgan fingerprint density at radius 1 is 1.54 bits per heavy atom. The molecule has 2 aromatic rings. The molecule has 0 aliphatic carbocycles. The number of imidazole rings is 1. The maximum atomic E-state index is 12.7. The van der Waals surface area contributed by atoms with Gasteiger partial charge in [0, 0.05) is 25.7 Å². The minimum absolute atomic E-state index is 0.0153. The fourth-order valence-electron chi connectivity index (χ4n) is 2.60. The average Bonchev–Trinajstić information content (AvgIpc) is 3.18. The third-order valence-corrected chi connectivity index (χ3v) is 3.85. The van der Waals surface area contributed by atoms with Crippen molar-refractivity contribution < 1.29 is 27.2 Å². The van der Waals surface area contributed by atoms with Crippen LogP contribution in [0.1, 0.15) is 28.5 Å². The molecule has 1 atom stereocenters. The number of methoxy groups -OCH3 is 1. The smallest absolute Gasteiger partial charge is 0.434 e. The van der Waals surface area contributed by atoms with Crippen LogP contribution in [0.3, 0.4) is 0 Å². The van der Waals surface area contributed by atoms with E-state index >= 15 is 0 Å². The van der Waals surface area contributed by atoms with E-state index in [1.165, 1.54) is 17.7 Å². The highest BCUT2D eigenvalue weighted by atomic mass is 19.4. The molecule has 1 aliphatic heterocycles. The number of nitrogens with zero attached hydrogens (tertiary/aromatic N) is 3. The van der Waals surface area contributed by atoms with Crippen molar-refractivity contribution in [3.8, 4) is 5.88 Å². The van der Waals surface area contributed by atoms with Gasteiger partial charge in [-0.2, -0.15) is 13.2 Å². The molecule has 3 rings (SSSR count). The lowest BCUT2D eigenvalue weighted by Crippen LogP contribution is -2.33. The number of aryl methyl sites for hydroxylation is 1. The molecular formula is C14H15F3N4O3. The number of hydrogen-bond donors (Lipinski definition) is 1. The number of alkyl halides is 3. The minimum atomic E-state index is -4.45. The molecular weight excluding hydrogens is 329 g/mol. The van der Waals surface area contributed by atoms with Gasteiger partial charge in [0.25, 0.3) is 11.8 Å². The molecule has 130 valence electrons. The van der Waals surface area contributed by atoms with Gasteiger partial charge >= 0.3 is 6.18 Å². The summed E-state index contributed by atoms with van der Waals surface area (Å²) >= 11 is 0. The first kappa shape index (κ1) is 16.3. The third-order valence-electron chi connectivity index (χ3n) is 3.85. The summed E-state index contributed by atoms with van der Waals surface area (Å²) < 4.78 is 49.2. The van der Waals surface area contributed by atoms with E-state index in [-0.39, 0.29) is 17.6 Å². The van der Waals surface area contributed by atoms with Gasteiger partial charge in [0.2, 0.25) is 5.76 Å². The third kappa shape index (κ3) is 3.36. The van der Waals surface area contributed by atoms with Crippen molar-refractivity contribution in [2.75, 3.05) is 13.7 Å². The Bertz CT molecular complexity index is 738. The van der Waals surface area contributed by atoms with Gasteiger partial charge in [-0.05, 0) is 17.5 Å². The molecule has 1 unspecified atom stereocenters. The summed E-state index contributed by atoms with van der Waals surface area (Å²) in [7, 11) is 1.40. The topological polar surface area (TPSA) is 82.2 Å². The molecule has 1 aliphatic rings. The molecule has 0 saturated heterocycles. The number of rotatable bonds is 4. The van der Waals surface area contributed by atoms with Crippen LogP contribution in [0.25, 0.3) is 0 Å². The summed E-state index contributed by atoms with van der Waals surface area (Å²) in [5, 5.41) is 6.22. The Morgan fingerprint density at radius 3 is 3.00 bits per heavy atom. The van der Waals surface area contributed by atoms with Crippen LogP contribution in [0, 0.1) is 5.92 Å². The molecule has 0 aromatic carbocycles. The summed E-state index contributed by atoms with van der Waals surface area (Å²) in [6.45, 7) is 0.694. The molecule has 0 radical (unpaired) electrons. The van der Waals surface area contributed by atoms with E-state index in [4.69, 9.17) is 9.26 Å². The summed E-state index contributed by atoms with van der Waals surface area (Å²) in [5.41, 5.74) is -0.879. The largest absolute Gasteiger partial charge is 0.479 e. The van der Waals surface area contributed by atoms with Gasteiger partial charge in [0.05, 0.1) is 13.2 Å². The molecule has 1 N–H and O–H groups in total. The Kier molecular flexibility index (Phi) is 4.20. The lowest BCUT2D eigenvalue weighted by molar-refractivity contribution is -0.141. The fourth-order valence-corrected chi connectivity index (χ4v) is 2.60. The number of ether oxygens (including phenoxy) is 1. The summed E-state index contributed by atoms with van der Waals surface area (Å²) in [4.78, 5) is 15.6. The molecule has 10 heteroatoms. The highest BCUT2D eigenvalue weighted by molar-refractivity contribution is 5.91. The number of carbonyl (C=O) groups excluding carboxylic acids is 1. The van der Waals surface area contributed by atoms with E-state index in [9.17, 15) is 18.0 Å². The van der Waals surface area contributed by atoms with Crippen molar-refractivity contribution in [2.24, 2.45) is 5.92 Å². The zero-order valence-electron chi connectivity index (χ0n) is 12.8. The van der Waals surface area contributed by atoms with Crippen LogP contribution >= 0.6 is 0 Å². The van der Waals surface area contributed by atoms with Crippen LogP contribution in [0.5, 0.6) is 5.88 Å². The molecule has 3 heterocycles. The number of nitrogens with one attached hydrogen (secondary N) is 1. The van der Waals surface area contributed by atoms with Crippen LogP contribution < -0.4 is 10.1 Å². The first-order chi connectivity index (χ1) is 11.4. The SMILES string of the molecule is COc1cc(C(=O)NCC2CCc3nc(C(F)(F)F)cn3C2)on1. The normalized spacial score (nSPS) is 17.4. The van der Waals surface area contributed by atoms with E-state index in [0.717, 1.165) is 6.20 Å². The molecule has 0 spiro atoms. The number of halogens is 3. The quantitative estimate of drug-likeness (QED) is 0.916. The Hall–Kier alpha value is -2.52. The zero-order valence-corrected chi connectivity index (χ0v) is 12.8. The molecule has 1 amide bonds. The predicted molar refractivity (Wildman–Crippen MR) is 74.4 cm³/mol. The van der Waals surface area contributed by atoms with E-state index < -0.39 is 17.8 Å². The van der Waals surface area contributed by atoms with E-state index in [0.29, 0.717) is 31.8 Å². The standard InChI is InChI=1S/C14H15F3N4O3/c1-23-12-4-9(24-20-12)13(22)18-5-8-2-3-11-19-10(14(15,16)17)7-21(11)6-8/h4,7-8H,2-3,5-6H2,1H3,(H,18,22). The second-order valence-corrected chi connectivity index (χ2v) is 5.54. The number of amides is 1. The van der Waals surface area contributed by atoms with Gasteiger partial charge in [0.15, 0.2) is 5.69 Å². The fraction of sp³-hybridized carbons (Fsp3) is 0.500. The summed E-state index contributed by atoms with van der Waals surface area (Å²) in [6, 6.07) is 1.36. The maximum absolute atomic E-state index is 12.7. The first-order valence-electron chi connectivity index (χ1n) is 7.29. The van der Waals surface area contributed by atoms with Gasteiger partial charge in [-0.1, -0.05) is 0 Å². The summed E-state index contributed by atoms with van der Waals surface area (Å²) in [6.07, 6.45) is -2.34. The van der Waals surface area contributed by atoms with Crippen molar-refractivity contribution in [3.05, 3.63) is 29.5 Å². The zero-order chi connectivity index (χ0) is 17.3. The Balaban J connectivity index is 1.58. The first-order valence-corrected chi connectivity index (χ1v) is 7.29. The van der Waals surface area contributed by atoms with Gasteiger partial charge in [-0.15, -0.1) is 0 Å².